The summed E-state index contributed by atoms with van der Waals surface area (Å²) >= 11 is 6.08. The fourth-order valence-corrected chi connectivity index (χ4v) is 2.87. The molecule has 1 aromatic rings. The summed E-state index contributed by atoms with van der Waals surface area (Å²) in [4.78, 5) is 14.5. The van der Waals surface area contributed by atoms with Crippen LogP contribution in [0.1, 0.15) is 18.4 Å². The maximum atomic E-state index is 13.1. The molecule has 0 spiro atoms. The highest BCUT2D eigenvalue weighted by Crippen LogP contribution is 2.21. The summed E-state index contributed by atoms with van der Waals surface area (Å²) in [6, 6.07) is 4.27. The Bertz CT molecular complexity index is 511. The molecule has 0 aliphatic carbocycles. The number of nitrogens with zero attached hydrogens (tertiary/aromatic N) is 1. The van der Waals surface area contributed by atoms with Gasteiger partial charge in [-0.05, 0) is 37.1 Å². The summed E-state index contributed by atoms with van der Waals surface area (Å²) in [5, 5.41) is 3.60. The smallest absolute Gasteiger partial charge is 0.227 e. The predicted molar refractivity (Wildman–Crippen MR) is 91.5 cm³/mol. The molecule has 7 heteroatoms. The lowest BCUT2D eigenvalue weighted by Crippen LogP contribution is -2.43. The second-order valence-electron chi connectivity index (χ2n) is 5.53. The van der Waals surface area contributed by atoms with E-state index in [0.29, 0.717) is 31.3 Å². The third-order valence-electron chi connectivity index (χ3n) is 3.90. The second-order valence-corrected chi connectivity index (χ2v) is 5.94. The molecule has 1 fully saturated rings. The lowest BCUT2D eigenvalue weighted by atomic mass is 9.98. The van der Waals surface area contributed by atoms with Crippen LogP contribution < -0.4 is 5.32 Å². The van der Waals surface area contributed by atoms with E-state index in [1.807, 2.05) is 0 Å². The van der Waals surface area contributed by atoms with E-state index in [1.54, 1.807) is 18.1 Å². The van der Waals surface area contributed by atoms with Crippen molar-refractivity contribution in [2.75, 3.05) is 33.4 Å². The monoisotopic (exact) mass is 364 g/mol. The molecular formula is C16H23Cl2FN2O2. The summed E-state index contributed by atoms with van der Waals surface area (Å²) in [5.41, 5.74) is 0.747. The van der Waals surface area contributed by atoms with Crippen molar-refractivity contribution in [1.82, 2.24) is 10.2 Å². The minimum absolute atomic E-state index is 0. The second kappa shape index (κ2) is 10.1. The van der Waals surface area contributed by atoms with Gasteiger partial charge in [-0.25, -0.2) is 4.39 Å². The van der Waals surface area contributed by atoms with Crippen LogP contribution in [0.4, 0.5) is 4.39 Å². The topological polar surface area (TPSA) is 41.6 Å². The van der Waals surface area contributed by atoms with Crippen LogP contribution >= 0.6 is 24.0 Å². The Morgan fingerprint density at radius 3 is 2.91 bits per heavy atom. The van der Waals surface area contributed by atoms with Gasteiger partial charge in [0.25, 0.3) is 0 Å². The molecule has 1 aliphatic heterocycles. The van der Waals surface area contributed by atoms with E-state index in [1.165, 1.54) is 12.1 Å². The van der Waals surface area contributed by atoms with Crippen molar-refractivity contribution in [1.29, 1.82) is 0 Å². The van der Waals surface area contributed by atoms with Crippen molar-refractivity contribution in [2.24, 2.45) is 5.92 Å². The number of hydrogen-bond donors (Lipinski definition) is 1. The van der Waals surface area contributed by atoms with Gasteiger partial charge >= 0.3 is 0 Å². The van der Waals surface area contributed by atoms with Crippen LogP contribution in [-0.4, -0.2) is 44.2 Å². The number of methoxy groups -OCH3 is 1. The van der Waals surface area contributed by atoms with Crippen molar-refractivity contribution in [3.63, 3.8) is 0 Å². The van der Waals surface area contributed by atoms with Crippen molar-refractivity contribution < 1.29 is 13.9 Å². The number of benzene rings is 1. The molecule has 1 aliphatic rings. The molecule has 1 aromatic carbocycles. The molecule has 4 nitrogen and oxygen atoms in total. The Hall–Kier alpha value is -0.880. The first-order valence-electron chi connectivity index (χ1n) is 7.54. The van der Waals surface area contributed by atoms with E-state index in [4.69, 9.17) is 16.3 Å². The number of amides is 1. The fourth-order valence-electron chi connectivity index (χ4n) is 2.64. The van der Waals surface area contributed by atoms with Gasteiger partial charge in [-0.2, -0.15) is 0 Å². The molecule has 0 saturated carbocycles. The molecule has 23 heavy (non-hydrogen) atoms. The van der Waals surface area contributed by atoms with E-state index in [9.17, 15) is 9.18 Å². The third-order valence-corrected chi connectivity index (χ3v) is 4.25. The summed E-state index contributed by atoms with van der Waals surface area (Å²) < 4.78 is 18.2. The summed E-state index contributed by atoms with van der Waals surface area (Å²) in [6.45, 7) is 3.01. The molecule has 1 saturated heterocycles. The zero-order chi connectivity index (χ0) is 15.9. The molecule has 1 heterocycles. The maximum absolute atomic E-state index is 13.1. The zero-order valence-electron chi connectivity index (χ0n) is 13.2. The van der Waals surface area contributed by atoms with Crippen molar-refractivity contribution in [2.45, 2.75) is 19.4 Å². The standard InChI is InChI=1S/C16H22ClFN2O2.ClH/c1-22-8-7-20(16(21)12-3-2-6-19-10-12)11-13-4-5-14(18)9-15(13)17;/h4-5,9,12,19H,2-3,6-8,10-11H2,1H3;1H. The fraction of sp³-hybridized carbons (Fsp3) is 0.562. The van der Waals surface area contributed by atoms with E-state index in [2.05, 4.69) is 5.32 Å². The minimum Gasteiger partial charge on any atom is -0.383 e. The van der Waals surface area contributed by atoms with Gasteiger partial charge < -0.3 is 15.0 Å². The normalized spacial score (nSPS) is 17.4. The van der Waals surface area contributed by atoms with E-state index < -0.39 is 0 Å². The largest absolute Gasteiger partial charge is 0.383 e. The quantitative estimate of drug-likeness (QED) is 0.843. The van der Waals surface area contributed by atoms with Gasteiger partial charge in [0.05, 0.1) is 12.5 Å². The Morgan fingerprint density at radius 1 is 1.52 bits per heavy atom. The minimum atomic E-state index is -0.375. The average Bonchev–Trinajstić information content (AvgIpc) is 2.53. The molecule has 0 radical (unpaired) electrons. The number of rotatable bonds is 6. The molecule has 130 valence electrons. The van der Waals surface area contributed by atoms with Gasteiger partial charge in [-0.3, -0.25) is 4.79 Å². The average molecular weight is 365 g/mol. The number of carbonyl (C=O) groups is 1. The Morgan fingerprint density at radius 2 is 2.30 bits per heavy atom. The van der Waals surface area contributed by atoms with Crippen LogP contribution in [0.25, 0.3) is 0 Å². The highest BCUT2D eigenvalue weighted by Gasteiger charge is 2.26. The third kappa shape index (κ3) is 5.92. The molecule has 0 aromatic heterocycles. The van der Waals surface area contributed by atoms with Crippen molar-refractivity contribution in [3.8, 4) is 0 Å². The van der Waals surface area contributed by atoms with Crippen LogP contribution in [0.5, 0.6) is 0 Å². The van der Waals surface area contributed by atoms with Crippen molar-refractivity contribution in [3.05, 3.63) is 34.6 Å². The van der Waals surface area contributed by atoms with E-state index >= 15 is 0 Å². The van der Waals surface area contributed by atoms with Gasteiger partial charge in [-0.15, -0.1) is 12.4 Å². The molecule has 2 rings (SSSR count). The van der Waals surface area contributed by atoms with Crippen LogP contribution in [0.3, 0.4) is 0 Å². The van der Waals surface area contributed by atoms with Crippen LogP contribution in [0.2, 0.25) is 5.02 Å². The van der Waals surface area contributed by atoms with Gasteiger partial charge in [0, 0.05) is 31.8 Å². The van der Waals surface area contributed by atoms with Crippen LogP contribution in [-0.2, 0) is 16.1 Å². The number of halogens is 3. The van der Waals surface area contributed by atoms with E-state index in [-0.39, 0.29) is 30.0 Å². The Labute approximate surface area is 147 Å². The molecule has 1 amide bonds. The summed E-state index contributed by atoms with van der Waals surface area (Å²) in [7, 11) is 1.61. The molecule has 1 unspecified atom stereocenters. The highest BCUT2D eigenvalue weighted by molar-refractivity contribution is 6.31. The molecule has 0 bridgehead atoms. The first-order valence-corrected chi connectivity index (χ1v) is 7.92. The number of piperidine rings is 1. The Kier molecular flexibility index (Phi) is 8.84. The van der Waals surface area contributed by atoms with Crippen molar-refractivity contribution >= 4 is 29.9 Å². The number of hydrogen-bond acceptors (Lipinski definition) is 3. The van der Waals surface area contributed by atoms with E-state index in [0.717, 1.165) is 24.9 Å². The Balaban J connectivity index is 0.00000264. The SMILES string of the molecule is COCCN(Cc1ccc(F)cc1Cl)C(=O)C1CCCNC1.Cl. The van der Waals surface area contributed by atoms with Crippen LogP contribution in [0.15, 0.2) is 18.2 Å². The number of nitrogens with one attached hydrogen (secondary N) is 1. The lowest BCUT2D eigenvalue weighted by Gasteiger charge is -2.30. The first-order chi connectivity index (χ1) is 10.6. The predicted octanol–water partition coefficient (Wildman–Crippen LogP) is 2.88. The molecule has 1 N–H and O–H groups in total. The van der Waals surface area contributed by atoms with Gasteiger partial charge in [0.15, 0.2) is 0 Å². The van der Waals surface area contributed by atoms with Gasteiger partial charge in [0.1, 0.15) is 5.82 Å². The first kappa shape index (κ1) is 20.2. The summed E-state index contributed by atoms with van der Waals surface area (Å²) in [6.07, 6.45) is 1.90. The number of carbonyl (C=O) groups excluding carboxylic acids is 1. The number of ether oxygens (including phenoxy) is 1. The van der Waals surface area contributed by atoms with Gasteiger partial charge in [0.2, 0.25) is 5.91 Å². The van der Waals surface area contributed by atoms with Crippen LogP contribution in [0, 0.1) is 11.7 Å². The highest BCUT2D eigenvalue weighted by atomic mass is 35.5. The maximum Gasteiger partial charge on any atom is 0.227 e. The molecule has 1 atom stereocenters. The summed E-state index contributed by atoms with van der Waals surface area (Å²) in [5.74, 6) is -0.283. The zero-order valence-corrected chi connectivity index (χ0v) is 14.8. The molecular weight excluding hydrogens is 342 g/mol. The lowest BCUT2D eigenvalue weighted by molar-refractivity contribution is -0.137. The van der Waals surface area contributed by atoms with Gasteiger partial charge in [-0.1, -0.05) is 17.7 Å².